The minimum absolute atomic E-state index is 0.238. The van der Waals surface area contributed by atoms with Crippen LogP contribution in [0.1, 0.15) is 18.5 Å². The zero-order chi connectivity index (χ0) is 14.1. The zero-order valence-electron chi connectivity index (χ0n) is 10.8. The van der Waals surface area contributed by atoms with Gasteiger partial charge in [0.15, 0.2) is 0 Å². The molecule has 4 nitrogen and oxygen atoms in total. The average Bonchev–Trinajstić information content (AvgIpc) is 2.49. The summed E-state index contributed by atoms with van der Waals surface area (Å²) in [5.74, 6) is -0.434. The third kappa shape index (κ3) is 1.97. The third-order valence-electron chi connectivity index (χ3n) is 3.36. The predicted molar refractivity (Wildman–Crippen MR) is 74.0 cm³/mol. The molecule has 3 aromatic rings. The summed E-state index contributed by atoms with van der Waals surface area (Å²) in [6.07, 6.45) is 4.72. The van der Waals surface area contributed by atoms with Crippen LogP contribution in [-0.2, 0) is 0 Å². The van der Waals surface area contributed by atoms with E-state index < -0.39 is 5.82 Å². The van der Waals surface area contributed by atoms with E-state index in [1.54, 1.807) is 18.5 Å². The summed E-state index contributed by atoms with van der Waals surface area (Å²) in [7, 11) is 0. The van der Waals surface area contributed by atoms with E-state index in [9.17, 15) is 9.18 Å². The number of rotatable bonds is 2. The number of aromatic nitrogens is 3. The van der Waals surface area contributed by atoms with Crippen molar-refractivity contribution in [2.24, 2.45) is 0 Å². The van der Waals surface area contributed by atoms with E-state index in [-0.39, 0.29) is 17.0 Å². The fourth-order valence-electron chi connectivity index (χ4n) is 2.21. The number of halogens is 1. The molecule has 2 aromatic heterocycles. The van der Waals surface area contributed by atoms with E-state index in [1.807, 2.05) is 19.1 Å². The van der Waals surface area contributed by atoms with Gasteiger partial charge < -0.3 is 0 Å². The van der Waals surface area contributed by atoms with E-state index in [1.165, 1.54) is 23.0 Å². The van der Waals surface area contributed by atoms with Crippen LogP contribution in [0.3, 0.4) is 0 Å². The molecule has 0 aliphatic carbocycles. The molecule has 20 heavy (non-hydrogen) atoms. The van der Waals surface area contributed by atoms with Crippen LogP contribution in [0.25, 0.3) is 10.8 Å². The van der Waals surface area contributed by atoms with Gasteiger partial charge in [-0.2, -0.15) is 5.10 Å². The second-order valence-corrected chi connectivity index (χ2v) is 4.55. The minimum Gasteiger partial charge on any atom is -0.267 e. The van der Waals surface area contributed by atoms with E-state index in [0.717, 1.165) is 5.56 Å². The lowest BCUT2D eigenvalue weighted by molar-refractivity contribution is 0.535. The number of nitrogens with zero attached hydrogens (tertiary/aromatic N) is 3. The lowest BCUT2D eigenvalue weighted by Crippen LogP contribution is -2.26. The van der Waals surface area contributed by atoms with E-state index >= 15 is 0 Å². The average molecular weight is 269 g/mol. The Kier molecular flexibility index (Phi) is 3.02. The first kappa shape index (κ1) is 12.5. The molecule has 1 unspecified atom stereocenters. The first-order chi connectivity index (χ1) is 9.68. The monoisotopic (exact) mass is 269 g/mol. The van der Waals surface area contributed by atoms with Gasteiger partial charge in [-0.3, -0.25) is 9.78 Å². The van der Waals surface area contributed by atoms with Crippen LogP contribution in [-0.4, -0.2) is 14.8 Å². The van der Waals surface area contributed by atoms with Gasteiger partial charge in [0.2, 0.25) is 0 Å². The van der Waals surface area contributed by atoms with Crippen molar-refractivity contribution < 1.29 is 4.39 Å². The number of hydrogen-bond donors (Lipinski definition) is 0. The molecule has 0 radical (unpaired) electrons. The molecular formula is C15H12FN3O. The van der Waals surface area contributed by atoms with Crippen LogP contribution < -0.4 is 5.56 Å². The van der Waals surface area contributed by atoms with Crippen LogP contribution in [0.15, 0.2) is 53.7 Å². The van der Waals surface area contributed by atoms with Crippen molar-refractivity contribution in [3.05, 3.63) is 70.7 Å². The molecule has 0 saturated heterocycles. The van der Waals surface area contributed by atoms with Gasteiger partial charge in [-0.1, -0.05) is 6.07 Å². The zero-order valence-corrected chi connectivity index (χ0v) is 10.8. The highest BCUT2D eigenvalue weighted by molar-refractivity contribution is 5.81. The van der Waals surface area contributed by atoms with Crippen LogP contribution in [0.5, 0.6) is 0 Å². The summed E-state index contributed by atoms with van der Waals surface area (Å²) in [6, 6.07) is 7.88. The van der Waals surface area contributed by atoms with Crippen molar-refractivity contribution >= 4 is 10.8 Å². The molecule has 0 saturated carbocycles. The van der Waals surface area contributed by atoms with Crippen molar-refractivity contribution in [1.29, 1.82) is 0 Å². The van der Waals surface area contributed by atoms with Crippen LogP contribution >= 0.6 is 0 Å². The number of pyridine rings is 1. The summed E-state index contributed by atoms with van der Waals surface area (Å²) in [5, 5.41) is 4.67. The van der Waals surface area contributed by atoms with Gasteiger partial charge in [-0.15, -0.1) is 0 Å². The first-order valence-corrected chi connectivity index (χ1v) is 6.24. The second-order valence-electron chi connectivity index (χ2n) is 4.55. The van der Waals surface area contributed by atoms with Crippen molar-refractivity contribution in [3.63, 3.8) is 0 Å². The summed E-state index contributed by atoms with van der Waals surface area (Å²) in [6.45, 7) is 1.87. The standard InChI is InChI=1S/C15H12FN3O/c1-10(11-5-7-17-8-6-11)19-15(20)12-3-2-4-14(16)13(12)9-18-19/h2-10H,1H3. The van der Waals surface area contributed by atoms with Crippen LogP contribution in [0.2, 0.25) is 0 Å². The van der Waals surface area contributed by atoms with Crippen LogP contribution in [0, 0.1) is 5.82 Å². The summed E-state index contributed by atoms with van der Waals surface area (Å²) in [4.78, 5) is 16.4. The van der Waals surface area contributed by atoms with Gasteiger partial charge in [0.05, 0.1) is 17.6 Å². The Morgan fingerprint density at radius 2 is 1.90 bits per heavy atom. The van der Waals surface area contributed by atoms with E-state index in [0.29, 0.717) is 5.39 Å². The van der Waals surface area contributed by atoms with E-state index in [4.69, 9.17) is 0 Å². The molecule has 0 amide bonds. The van der Waals surface area contributed by atoms with E-state index in [2.05, 4.69) is 10.1 Å². The Hall–Kier alpha value is -2.56. The quantitative estimate of drug-likeness (QED) is 0.718. The maximum absolute atomic E-state index is 13.6. The molecule has 5 heteroatoms. The fourth-order valence-corrected chi connectivity index (χ4v) is 2.21. The highest BCUT2D eigenvalue weighted by Crippen LogP contribution is 2.17. The highest BCUT2D eigenvalue weighted by atomic mass is 19.1. The Bertz CT molecular complexity index is 814. The summed E-state index contributed by atoms with van der Waals surface area (Å²) >= 11 is 0. The second kappa shape index (κ2) is 4.85. The Morgan fingerprint density at radius 3 is 2.65 bits per heavy atom. The van der Waals surface area contributed by atoms with Crippen molar-refractivity contribution in [2.75, 3.05) is 0 Å². The molecule has 0 fully saturated rings. The Balaban J connectivity index is 2.19. The maximum atomic E-state index is 13.6. The maximum Gasteiger partial charge on any atom is 0.275 e. The van der Waals surface area contributed by atoms with Crippen molar-refractivity contribution in [3.8, 4) is 0 Å². The third-order valence-corrected chi connectivity index (χ3v) is 3.36. The van der Waals surface area contributed by atoms with Gasteiger partial charge >= 0.3 is 0 Å². The van der Waals surface area contributed by atoms with Gasteiger partial charge in [-0.05, 0) is 36.8 Å². The van der Waals surface area contributed by atoms with Crippen molar-refractivity contribution in [1.82, 2.24) is 14.8 Å². The van der Waals surface area contributed by atoms with Gasteiger partial charge in [0.25, 0.3) is 5.56 Å². The largest absolute Gasteiger partial charge is 0.275 e. The normalized spacial score (nSPS) is 12.5. The topological polar surface area (TPSA) is 47.8 Å². The molecule has 0 bridgehead atoms. The molecule has 0 aliphatic rings. The Morgan fingerprint density at radius 1 is 1.15 bits per heavy atom. The molecule has 0 aliphatic heterocycles. The SMILES string of the molecule is CC(c1ccncc1)n1ncc2c(F)cccc2c1=O. The van der Waals surface area contributed by atoms with Gasteiger partial charge in [0, 0.05) is 17.8 Å². The number of hydrogen-bond acceptors (Lipinski definition) is 3. The summed E-state index contributed by atoms with van der Waals surface area (Å²) in [5.41, 5.74) is 0.622. The molecule has 3 rings (SSSR count). The van der Waals surface area contributed by atoms with Gasteiger partial charge in [-0.25, -0.2) is 9.07 Å². The smallest absolute Gasteiger partial charge is 0.267 e. The molecule has 100 valence electrons. The molecule has 0 spiro atoms. The predicted octanol–water partition coefficient (Wildman–Crippen LogP) is 2.54. The fraction of sp³-hybridized carbons (Fsp3) is 0.133. The molecule has 1 atom stereocenters. The number of benzene rings is 1. The molecular weight excluding hydrogens is 257 g/mol. The molecule has 0 N–H and O–H groups in total. The Labute approximate surface area is 114 Å². The number of fused-ring (bicyclic) bond motifs is 1. The molecule has 2 heterocycles. The van der Waals surface area contributed by atoms with Crippen molar-refractivity contribution in [2.45, 2.75) is 13.0 Å². The van der Waals surface area contributed by atoms with Gasteiger partial charge in [0.1, 0.15) is 5.82 Å². The highest BCUT2D eigenvalue weighted by Gasteiger charge is 2.13. The lowest BCUT2D eigenvalue weighted by atomic mass is 10.1. The van der Waals surface area contributed by atoms with Crippen LogP contribution in [0.4, 0.5) is 4.39 Å². The first-order valence-electron chi connectivity index (χ1n) is 6.24. The molecule has 1 aromatic carbocycles. The summed E-state index contributed by atoms with van der Waals surface area (Å²) < 4.78 is 15.0. The minimum atomic E-state index is -0.434. The lowest BCUT2D eigenvalue weighted by Gasteiger charge is -2.14.